The Kier molecular flexibility index (Phi) is 6.73. The summed E-state index contributed by atoms with van der Waals surface area (Å²) in [6.45, 7) is 11.9. The van der Waals surface area contributed by atoms with Crippen LogP contribution in [0.1, 0.15) is 43.1 Å². The molecule has 0 aliphatic carbocycles. The molecule has 0 spiro atoms. The highest BCUT2D eigenvalue weighted by atomic mass is 28.4. The van der Waals surface area contributed by atoms with Crippen molar-refractivity contribution in [3.63, 3.8) is 0 Å². The summed E-state index contributed by atoms with van der Waals surface area (Å²) in [6.07, 6.45) is 2.49. The van der Waals surface area contributed by atoms with Crippen molar-refractivity contribution in [2.75, 3.05) is 6.61 Å². The number of hydrogen-bond acceptors (Lipinski definition) is 2. The lowest BCUT2D eigenvalue weighted by atomic mass is 9.99. The molecule has 26 heavy (non-hydrogen) atoms. The van der Waals surface area contributed by atoms with Gasteiger partial charge in [-0.05, 0) is 41.8 Å². The van der Waals surface area contributed by atoms with Crippen molar-refractivity contribution >= 4 is 19.7 Å². The average Bonchev–Trinajstić information content (AvgIpc) is 2.61. The zero-order chi connectivity index (χ0) is 19.2. The molecule has 0 N–H and O–H groups in total. The SMILES string of the molecule is CC(C)(C)[Si](C)(C)OCC/C(=C/C(=O)c1ccccc1)c1ccccc1. The predicted octanol–water partition coefficient (Wildman–Crippen LogP) is 6.36. The molecule has 0 aromatic heterocycles. The van der Waals surface area contributed by atoms with Crippen LogP contribution in [0.3, 0.4) is 0 Å². The molecular formula is C23H30O2Si. The molecule has 2 nitrogen and oxygen atoms in total. The number of hydrogen-bond donors (Lipinski definition) is 0. The Morgan fingerprint density at radius 2 is 1.42 bits per heavy atom. The maximum Gasteiger partial charge on any atom is 0.191 e. The maximum absolute atomic E-state index is 12.6. The van der Waals surface area contributed by atoms with E-state index < -0.39 is 8.32 Å². The van der Waals surface area contributed by atoms with E-state index in [9.17, 15) is 4.79 Å². The van der Waals surface area contributed by atoms with Crippen LogP contribution in [0.5, 0.6) is 0 Å². The number of carbonyl (C=O) groups excluding carboxylic acids is 1. The van der Waals surface area contributed by atoms with Gasteiger partial charge in [0.1, 0.15) is 0 Å². The molecule has 0 unspecified atom stereocenters. The van der Waals surface area contributed by atoms with Gasteiger partial charge in [-0.2, -0.15) is 0 Å². The van der Waals surface area contributed by atoms with Gasteiger partial charge in [-0.25, -0.2) is 0 Å². The van der Waals surface area contributed by atoms with Crippen molar-refractivity contribution in [2.24, 2.45) is 0 Å². The van der Waals surface area contributed by atoms with Gasteiger partial charge in [0.25, 0.3) is 0 Å². The number of rotatable bonds is 7. The van der Waals surface area contributed by atoms with Crippen molar-refractivity contribution in [2.45, 2.75) is 45.3 Å². The van der Waals surface area contributed by atoms with E-state index in [1.165, 1.54) is 0 Å². The van der Waals surface area contributed by atoms with Gasteiger partial charge in [0.15, 0.2) is 14.1 Å². The fraction of sp³-hybridized carbons (Fsp3) is 0.348. The Labute approximate surface area is 159 Å². The molecule has 138 valence electrons. The minimum absolute atomic E-state index is 0.0387. The van der Waals surface area contributed by atoms with E-state index in [1.807, 2.05) is 48.5 Å². The molecule has 0 saturated carbocycles. The van der Waals surface area contributed by atoms with E-state index in [0.717, 1.165) is 17.6 Å². The van der Waals surface area contributed by atoms with Crippen LogP contribution in [0.2, 0.25) is 18.1 Å². The molecule has 3 heteroatoms. The molecule has 2 rings (SSSR count). The third kappa shape index (κ3) is 5.51. The van der Waals surface area contributed by atoms with Crippen molar-refractivity contribution in [3.8, 4) is 0 Å². The molecule has 0 heterocycles. The van der Waals surface area contributed by atoms with Crippen LogP contribution >= 0.6 is 0 Å². The van der Waals surface area contributed by atoms with E-state index >= 15 is 0 Å². The predicted molar refractivity (Wildman–Crippen MR) is 113 cm³/mol. The van der Waals surface area contributed by atoms with Crippen molar-refractivity contribution < 1.29 is 9.22 Å². The van der Waals surface area contributed by atoms with Gasteiger partial charge in [0, 0.05) is 12.2 Å². The molecule has 0 aliphatic heterocycles. The lowest BCUT2D eigenvalue weighted by Gasteiger charge is -2.36. The molecule has 0 aliphatic rings. The Morgan fingerprint density at radius 1 is 0.923 bits per heavy atom. The average molecular weight is 367 g/mol. The molecule has 2 aromatic carbocycles. The highest BCUT2D eigenvalue weighted by molar-refractivity contribution is 6.74. The summed E-state index contributed by atoms with van der Waals surface area (Å²) in [6, 6.07) is 19.5. The van der Waals surface area contributed by atoms with Gasteiger partial charge in [-0.1, -0.05) is 81.4 Å². The Bertz CT molecular complexity index is 741. The van der Waals surface area contributed by atoms with E-state index in [4.69, 9.17) is 4.43 Å². The maximum atomic E-state index is 12.6. The van der Waals surface area contributed by atoms with Crippen molar-refractivity contribution in [1.29, 1.82) is 0 Å². The zero-order valence-electron chi connectivity index (χ0n) is 16.6. The topological polar surface area (TPSA) is 26.3 Å². The lowest BCUT2D eigenvalue weighted by molar-refractivity contribution is 0.104. The minimum Gasteiger partial charge on any atom is -0.416 e. The molecule has 0 saturated heterocycles. The Hall–Kier alpha value is -1.97. The third-order valence-corrected chi connectivity index (χ3v) is 9.69. The summed E-state index contributed by atoms with van der Waals surface area (Å²) in [4.78, 5) is 12.6. The van der Waals surface area contributed by atoms with Crippen molar-refractivity contribution in [1.82, 2.24) is 0 Å². The van der Waals surface area contributed by atoms with E-state index in [-0.39, 0.29) is 10.8 Å². The van der Waals surface area contributed by atoms with Gasteiger partial charge in [-0.15, -0.1) is 0 Å². The second-order valence-corrected chi connectivity index (χ2v) is 12.9. The Morgan fingerprint density at radius 3 is 1.92 bits per heavy atom. The lowest BCUT2D eigenvalue weighted by Crippen LogP contribution is -2.41. The molecule has 0 fully saturated rings. The van der Waals surface area contributed by atoms with E-state index in [1.54, 1.807) is 6.08 Å². The molecule has 2 aromatic rings. The van der Waals surface area contributed by atoms with Crippen LogP contribution in [-0.4, -0.2) is 20.7 Å². The first-order valence-electron chi connectivity index (χ1n) is 9.20. The monoisotopic (exact) mass is 366 g/mol. The summed E-state index contributed by atoms with van der Waals surface area (Å²) in [5, 5.41) is 0.184. The van der Waals surface area contributed by atoms with Gasteiger partial charge in [-0.3, -0.25) is 4.79 Å². The number of allylic oxidation sites excluding steroid dienone is 1. The van der Waals surface area contributed by atoms with Crippen LogP contribution in [0, 0.1) is 0 Å². The quantitative estimate of drug-likeness (QED) is 0.323. The second-order valence-electron chi connectivity index (χ2n) is 8.12. The largest absolute Gasteiger partial charge is 0.416 e. The number of benzene rings is 2. The number of ketones is 1. The highest BCUT2D eigenvalue weighted by Crippen LogP contribution is 2.36. The molecule has 0 radical (unpaired) electrons. The summed E-state index contributed by atoms with van der Waals surface area (Å²) in [5.41, 5.74) is 2.82. The van der Waals surface area contributed by atoms with Gasteiger partial charge in [0.05, 0.1) is 0 Å². The smallest absolute Gasteiger partial charge is 0.191 e. The number of carbonyl (C=O) groups is 1. The van der Waals surface area contributed by atoms with Gasteiger partial charge < -0.3 is 4.43 Å². The molecular weight excluding hydrogens is 336 g/mol. The minimum atomic E-state index is -1.79. The van der Waals surface area contributed by atoms with E-state index in [2.05, 4.69) is 46.0 Å². The van der Waals surface area contributed by atoms with Gasteiger partial charge in [0.2, 0.25) is 0 Å². The zero-order valence-corrected chi connectivity index (χ0v) is 17.6. The molecule has 0 amide bonds. The standard InChI is InChI=1S/C23H30O2Si/c1-23(2,3)26(4,5)25-17-16-21(19-12-8-6-9-13-19)18-22(24)20-14-10-7-11-15-20/h6-15,18H,16-17H2,1-5H3/b21-18-. The summed E-state index contributed by atoms with van der Waals surface area (Å²) < 4.78 is 6.32. The first-order chi connectivity index (χ1) is 12.2. The van der Waals surface area contributed by atoms with Crippen LogP contribution in [0.4, 0.5) is 0 Å². The van der Waals surface area contributed by atoms with Crippen molar-refractivity contribution in [3.05, 3.63) is 77.9 Å². The summed E-state index contributed by atoms with van der Waals surface area (Å²) >= 11 is 0. The Balaban J connectivity index is 2.18. The fourth-order valence-electron chi connectivity index (χ4n) is 2.43. The van der Waals surface area contributed by atoms with Crippen LogP contribution in [-0.2, 0) is 4.43 Å². The summed E-state index contributed by atoms with van der Waals surface area (Å²) in [7, 11) is -1.79. The normalized spacial score (nSPS) is 12.9. The molecule has 0 bridgehead atoms. The van der Waals surface area contributed by atoms with Gasteiger partial charge >= 0.3 is 0 Å². The summed E-state index contributed by atoms with van der Waals surface area (Å²) in [5.74, 6) is 0.0387. The molecule has 0 atom stereocenters. The first-order valence-corrected chi connectivity index (χ1v) is 12.1. The van der Waals surface area contributed by atoms with Crippen LogP contribution in [0.15, 0.2) is 66.7 Å². The first kappa shape index (κ1) is 20.3. The third-order valence-electron chi connectivity index (χ3n) is 5.15. The highest BCUT2D eigenvalue weighted by Gasteiger charge is 2.36. The fourth-order valence-corrected chi connectivity index (χ4v) is 3.47. The van der Waals surface area contributed by atoms with Crippen LogP contribution in [0.25, 0.3) is 5.57 Å². The second kappa shape index (κ2) is 8.61. The van der Waals surface area contributed by atoms with Crippen LogP contribution < -0.4 is 0 Å². The van der Waals surface area contributed by atoms with E-state index in [0.29, 0.717) is 12.2 Å².